The highest BCUT2D eigenvalue weighted by Crippen LogP contribution is 2.17. The summed E-state index contributed by atoms with van der Waals surface area (Å²) in [5.74, 6) is -0.566. The summed E-state index contributed by atoms with van der Waals surface area (Å²) in [6.07, 6.45) is 2.05. The van der Waals surface area contributed by atoms with Crippen molar-refractivity contribution < 1.29 is 14.7 Å². The first kappa shape index (κ1) is 13.4. The molecule has 2 amide bonds. The van der Waals surface area contributed by atoms with E-state index in [-0.39, 0.29) is 23.8 Å². The first-order valence-corrected chi connectivity index (χ1v) is 6.43. The van der Waals surface area contributed by atoms with E-state index in [1.165, 1.54) is 6.07 Å². The Morgan fingerprint density at radius 2 is 2.00 bits per heavy atom. The first-order valence-electron chi connectivity index (χ1n) is 6.43. The zero-order chi connectivity index (χ0) is 13.8. The lowest BCUT2D eigenvalue weighted by Gasteiger charge is -2.15. The van der Waals surface area contributed by atoms with Crippen LogP contribution >= 0.6 is 0 Å². The summed E-state index contributed by atoms with van der Waals surface area (Å²) >= 11 is 0. The number of amides is 2. The summed E-state index contributed by atoms with van der Waals surface area (Å²) in [6.45, 7) is 3.35. The second-order valence-corrected chi connectivity index (χ2v) is 4.79. The zero-order valence-corrected chi connectivity index (χ0v) is 11.0. The van der Waals surface area contributed by atoms with E-state index in [1.54, 1.807) is 17.0 Å². The van der Waals surface area contributed by atoms with E-state index in [9.17, 15) is 14.7 Å². The molecule has 2 N–H and O–H groups in total. The van der Waals surface area contributed by atoms with Crippen molar-refractivity contribution in [3.63, 3.8) is 0 Å². The van der Waals surface area contributed by atoms with Gasteiger partial charge in [0, 0.05) is 13.1 Å². The maximum Gasteiger partial charge on any atom is 0.255 e. The minimum atomic E-state index is -0.422. The normalized spacial score (nSPS) is 14.5. The van der Waals surface area contributed by atoms with Crippen LogP contribution in [0.5, 0.6) is 5.75 Å². The summed E-state index contributed by atoms with van der Waals surface area (Å²) in [5.41, 5.74) is 1.09. The highest BCUT2D eigenvalue weighted by molar-refractivity contribution is 5.98. The Bertz CT molecular complexity index is 493. The number of hydrogen-bond acceptors (Lipinski definition) is 3. The van der Waals surface area contributed by atoms with E-state index < -0.39 is 5.91 Å². The van der Waals surface area contributed by atoms with Gasteiger partial charge in [-0.25, -0.2) is 0 Å². The number of carbonyl (C=O) groups excluding carboxylic acids is 2. The number of aryl methyl sites for hydroxylation is 1. The Morgan fingerprint density at radius 3 is 2.68 bits per heavy atom. The van der Waals surface area contributed by atoms with Crippen molar-refractivity contribution >= 4 is 11.8 Å². The monoisotopic (exact) mass is 262 g/mol. The predicted octanol–water partition coefficient (Wildman–Crippen LogP) is 1.05. The van der Waals surface area contributed by atoms with Crippen molar-refractivity contribution in [2.75, 3.05) is 19.6 Å². The Balaban J connectivity index is 1.93. The number of carbonyl (C=O) groups is 2. The quantitative estimate of drug-likeness (QED) is 0.855. The predicted molar refractivity (Wildman–Crippen MR) is 71.0 cm³/mol. The van der Waals surface area contributed by atoms with Crippen molar-refractivity contribution in [3.05, 3.63) is 29.3 Å². The second kappa shape index (κ2) is 5.73. The maximum absolute atomic E-state index is 11.9. The van der Waals surface area contributed by atoms with Gasteiger partial charge in [0.1, 0.15) is 5.75 Å². The van der Waals surface area contributed by atoms with Gasteiger partial charge in [0.2, 0.25) is 5.91 Å². The number of phenols is 1. The summed E-state index contributed by atoms with van der Waals surface area (Å²) in [4.78, 5) is 25.4. The molecule has 102 valence electrons. The van der Waals surface area contributed by atoms with Crippen LogP contribution < -0.4 is 5.32 Å². The van der Waals surface area contributed by atoms with Crippen molar-refractivity contribution in [2.24, 2.45) is 0 Å². The molecule has 1 saturated heterocycles. The second-order valence-electron chi connectivity index (χ2n) is 4.79. The third kappa shape index (κ3) is 3.24. The van der Waals surface area contributed by atoms with Crippen LogP contribution in [0.4, 0.5) is 0 Å². The van der Waals surface area contributed by atoms with Crippen molar-refractivity contribution in [2.45, 2.75) is 19.8 Å². The third-order valence-electron chi connectivity index (χ3n) is 3.26. The number of nitrogens with zero attached hydrogens (tertiary/aromatic N) is 1. The van der Waals surface area contributed by atoms with Gasteiger partial charge >= 0.3 is 0 Å². The number of aromatic hydroxyl groups is 1. The molecule has 0 saturated carbocycles. The lowest BCUT2D eigenvalue weighted by molar-refractivity contribution is -0.129. The lowest BCUT2D eigenvalue weighted by Crippen LogP contribution is -2.38. The van der Waals surface area contributed by atoms with E-state index in [1.807, 2.05) is 6.92 Å². The molecule has 5 nitrogen and oxygen atoms in total. The van der Waals surface area contributed by atoms with E-state index in [4.69, 9.17) is 0 Å². The van der Waals surface area contributed by atoms with Gasteiger partial charge in [0.15, 0.2) is 0 Å². The number of benzene rings is 1. The van der Waals surface area contributed by atoms with E-state index >= 15 is 0 Å². The molecule has 5 heteroatoms. The fourth-order valence-electron chi connectivity index (χ4n) is 2.16. The molecule has 0 unspecified atom stereocenters. The number of phenolic OH excluding ortho intramolecular Hbond substituents is 1. The van der Waals surface area contributed by atoms with Crippen LogP contribution in [0, 0.1) is 6.92 Å². The van der Waals surface area contributed by atoms with Crippen LogP contribution in [0.1, 0.15) is 28.8 Å². The highest BCUT2D eigenvalue weighted by Gasteiger charge is 2.19. The van der Waals surface area contributed by atoms with Gasteiger partial charge in [0.05, 0.1) is 12.1 Å². The van der Waals surface area contributed by atoms with Crippen LogP contribution in [-0.2, 0) is 4.79 Å². The van der Waals surface area contributed by atoms with Crippen LogP contribution in [0.15, 0.2) is 18.2 Å². The maximum atomic E-state index is 11.9. The molecule has 0 spiro atoms. The minimum absolute atomic E-state index is 0.0216. The SMILES string of the molecule is Cc1ccc(O)c(C(=O)NCC(=O)N2CCCC2)c1. The zero-order valence-electron chi connectivity index (χ0n) is 11.0. The Labute approximate surface area is 112 Å². The largest absolute Gasteiger partial charge is 0.507 e. The van der Waals surface area contributed by atoms with Gasteiger partial charge in [-0.05, 0) is 31.9 Å². The van der Waals surface area contributed by atoms with Crippen molar-refractivity contribution in [1.29, 1.82) is 0 Å². The number of likely N-dealkylation sites (tertiary alicyclic amines) is 1. The number of hydrogen-bond donors (Lipinski definition) is 2. The smallest absolute Gasteiger partial charge is 0.255 e. The van der Waals surface area contributed by atoms with Crippen molar-refractivity contribution in [3.8, 4) is 5.75 Å². The van der Waals surface area contributed by atoms with Gasteiger partial charge in [0.25, 0.3) is 5.91 Å². The fraction of sp³-hybridized carbons (Fsp3) is 0.429. The summed E-state index contributed by atoms with van der Waals surface area (Å²) in [7, 11) is 0. The van der Waals surface area contributed by atoms with Gasteiger partial charge in [-0.15, -0.1) is 0 Å². The molecule has 1 fully saturated rings. The molecular weight excluding hydrogens is 244 g/mol. The molecule has 0 aliphatic carbocycles. The molecule has 0 bridgehead atoms. The third-order valence-corrected chi connectivity index (χ3v) is 3.26. The van der Waals surface area contributed by atoms with Gasteiger partial charge in [-0.3, -0.25) is 9.59 Å². The molecule has 1 aromatic rings. The molecule has 2 rings (SSSR count). The van der Waals surface area contributed by atoms with Crippen LogP contribution in [0.2, 0.25) is 0 Å². The van der Waals surface area contributed by atoms with Crippen LogP contribution in [-0.4, -0.2) is 41.5 Å². The topological polar surface area (TPSA) is 69.6 Å². The Morgan fingerprint density at radius 1 is 1.32 bits per heavy atom. The Kier molecular flexibility index (Phi) is 4.04. The average molecular weight is 262 g/mol. The molecular formula is C14H18N2O3. The van der Waals surface area contributed by atoms with Gasteiger partial charge < -0.3 is 15.3 Å². The molecule has 0 radical (unpaired) electrons. The fourth-order valence-corrected chi connectivity index (χ4v) is 2.16. The summed E-state index contributed by atoms with van der Waals surface area (Å²) in [5, 5.41) is 12.2. The Hall–Kier alpha value is -2.04. The molecule has 1 aromatic carbocycles. The van der Waals surface area contributed by atoms with Gasteiger partial charge in [-0.1, -0.05) is 11.6 Å². The summed E-state index contributed by atoms with van der Waals surface area (Å²) in [6, 6.07) is 4.80. The standard InChI is InChI=1S/C14H18N2O3/c1-10-4-5-12(17)11(8-10)14(19)15-9-13(18)16-6-2-3-7-16/h4-5,8,17H,2-3,6-7,9H2,1H3,(H,15,19). The molecule has 0 atom stereocenters. The lowest BCUT2D eigenvalue weighted by atomic mass is 10.1. The summed E-state index contributed by atoms with van der Waals surface area (Å²) < 4.78 is 0. The molecule has 1 heterocycles. The number of nitrogens with one attached hydrogen (secondary N) is 1. The van der Waals surface area contributed by atoms with E-state index in [0.717, 1.165) is 31.5 Å². The molecule has 0 aromatic heterocycles. The highest BCUT2D eigenvalue weighted by atomic mass is 16.3. The van der Waals surface area contributed by atoms with Crippen LogP contribution in [0.3, 0.4) is 0 Å². The first-order chi connectivity index (χ1) is 9.08. The molecule has 1 aliphatic heterocycles. The van der Waals surface area contributed by atoms with E-state index in [0.29, 0.717) is 0 Å². The molecule has 1 aliphatic rings. The average Bonchev–Trinajstić information content (AvgIpc) is 2.92. The molecule has 19 heavy (non-hydrogen) atoms. The van der Waals surface area contributed by atoms with Crippen molar-refractivity contribution in [1.82, 2.24) is 10.2 Å². The minimum Gasteiger partial charge on any atom is -0.507 e. The van der Waals surface area contributed by atoms with Crippen LogP contribution in [0.25, 0.3) is 0 Å². The van der Waals surface area contributed by atoms with Gasteiger partial charge in [-0.2, -0.15) is 0 Å². The van der Waals surface area contributed by atoms with E-state index in [2.05, 4.69) is 5.32 Å². The number of rotatable bonds is 3.